The van der Waals surface area contributed by atoms with E-state index >= 15 is 0 Å². The van der Waals surface area contributed by atoms with Crippen molar-refractivity contribution in [3.05, 3.63) is 11.6 Å². The predicted octanol–water partition coefficient (Wildman–Crippen LogP) is 2.21. The second kappa shape index (κ2) is 2.68. The average Bonchev–Trinajstić information content (AvgIpc) is 1.84. The van der Waals surface area contributed by atoms with Crippen LogP contribution in [0.2, 0.25) is 0 Å². The molecule has 0 saturated heterocycles. The minimum absolute atomic E-state index is 0.183. The third-order valence-electron chi connectivity index (χ3n) is 2.40. The molecule has 1 fully saturated rings. The van der Waals surface area contributed by atoms with E-state index < -0.39 is 5.97 Å². The van der Waals surface area contributed by atoms with Gasteiger partial charge in [-0.05, 0) is 25.2 Å². The highest BCUT2D eigenvalue weighted by Crippen LogP contribution is 2.42. The van der Waals surface area contributed by atoms with Crippen molar-refractivity contribution in [3.8, 4) is 0 Å². The Morgan fingerprint density at radius 1 is 1.55 bits per heavy atom. The highest BCUT2D eigenvalue weighted by Gasteiger charge is 2.29. The lowest BCUT2D eigenvalue weighted by atomic mass is 9.70. The van der Waals surface area contributed by atoms with E-state index in [-0.39, 0.29) is 5.41 Å². The molecule has 0 bridgehead atoms. The van der Waals surface area contributed by atoms with Crippen LogP contribution in [0.1, 0.15) is 33.1 Å². The number of aliphatic carboxylic acids is 1. The van der Waals surface area contributed by atoms with Crippen LogP contribution in [0.5, 0.6) is 0 Å². The first kappa shape index (κ1) is 8.31. The fraction of sp³-hybridized carbons (Fsp3) is 0.667. The van der Waals surface area contributed by atoms with Crippen LogP contribution in [0.4, 0.5) is 0 Å². The van der Waals surface area contributed by atoms with Gasteiger partial charge in [0.05, 0.1) is 0 Å². The lowest BCUT2D eigenvalue weighted by Crippen LogP contribution is -2.23. The molecule has 62 valence electrons. The SMILES string of the molecule is CC(=CC1(C)CCC1)C(=O)O. The minimum atomic E-state index is -0.793. The number of hydrogen-bond donors (Lipinski definition) is 1. The summed E-state index contributed by atoms with van der Waals surface area (Å²) < 4.78 is 0. The second-order valence-electron chi connectivity index (χ2n) is 3.64. The molecule has 0 unspecified atom stereocenters. The van der Waals surface area contributed by atoms with Gasteiger partial charge in [-0.2, -0.15) is 0 Å². The zero-order valence-electron chi connectivity index (χ0n) is 7.05. The monoisotopic (exact) mass is 154 g/mol. The number of carboxylic acid groups (broad SMARTS) is 1. The molecule has 0 atom stereocenters. The van der Waals surface area contributed by atoms with Crippen molar-refractivity contribution >= 4 is 5.97 Å². The normalized spacial score (nSPS) is 22.5. The molecule has 2 heteroatoms. The number of allylic oxidation sites excluding steroid dienone is 1. The molecule has 1 aliphatic carbocycles. The largest absolute Gasteiger partial charge is 0.478 e. The van der Waals surface area contributed by atoms with Gasteiger partial charge in [-0.25, -0.2) is 4.79 Å². The molecule has 1 N–H and O–H groups in total. The molecule has 0 aromatic carbocycles. The minimum Gasteiger partial charge on any atom is -0.478 e. The smallest absolute Gasteiger partial charge is 0.330 e. The van der Waals surface area contributed by atoms with Gasteiger partial charge in [-0.15, -0.1) is 0 Å². The van der Waals surface area contributed by atoms with E-state index in [0.717, 1.165) is 12.8 Å². The van der Waals surface area contributed by atoms with Crippen molar-refractivity contribution in [1.82, 2.24) is 0 Å². The zero-order valence-corrected chi connectivity index (χ0v) is 7.05. The molecule has 0 spiro atoms. The van der Waals surface area contributed by atoms with Gasteiger partial charge in [0, 0.05) is 5.57 Å². The summed E-state index contributed by atoms with van der Waals surface area (Å²) in [5.74, 6) is -0.793. The topological polar surface area (TPSA) is 37.3 Å². The van der Waals surface area contributed by atoms with Crippen LogP contribution in [0, 0.1) is 5.41 Å². The van der Waals surface area contributed by atoms with Crippen LogP contribution >= 0.6 is 0 Å². The summed E-state index contributed by atoms with van der Waals surface area (Å²) in [5, 5.41) is 8.60. The van der Waals surface area contributed by atoms with Gasteiger partial charge >= 0.3 is 5.97 Å². The first-order chi connectivity index (χ1) is 5.03. The van der Waals surface area contributed by atoms with Crippen molar-refractivity contribution in [3.63, 3.8) is 0 Å². The van der Waals surface area contributed by atoms with Crippen molar-refractivity contribution in [1.29, 1.82) is 0 Å². The number of carboxylic acids is 1. The van der Waals surface area contributed by atoms with E-state index in [1.807, 2.05) is 6.08 Å². The van der Waals surface area contributed by atoms with Gasteiger partial charge in [0.15, 0.2) is 0 Å². The maximum atomic E-state index is 10.4. The summed E-state index contributed by atoms with van der Waals surface area (Å²) in [6, 6.07) is 0. The van der Waals surface area contributed by atoms with E-state index in [1.54, 1.807) is 6.92 Å². The van der Waals surface area contributed by atoms with Gasteiger partial charge in [-0.1, -0.05) is 19.4 Å². The third-order valence-corrected chi connectivity index (χ3v) is 2.40. The summed E-state index contributed by atoms with van der Waals surface area (Å²) >= 11 is 0. The maximum Gasteiger partial charge on any atom is 0.330 e. The van der Waals surface area contributed by atoms with Crippen LogP contribution in [-0.4, -0.2) is 11.1 Å². The first-order valence-electron chi connectivity index (χ1n) is 3.96. The van der Waals surface area contributed by atoms with Gasteiger partial charge < -0.3 is 5.11 Å². The van der Waals surface area contributed by atoms with E-state index in [2.05, 4.69) is 6.92 Å². The molecule has 0 heterocycles. The summed E-state index contributed by atoms with van der Waals surface area (Å²) in [4.78, 5) is 10.4. The summed E-state index contributed by atoms with van der Waals surface area (Å²) in [6.45, 7) is 3.77. The Morgan fingerprint density at radius 3 is 2.36 bits per heavy atom. The molecular weight excluding hydrogens is 140 g/mol. The number of hydrogen-bond acceptors (Lipinski definition) is 1. The molecule has 2 nitrogen and oxygen atoms in total. The van der Waals surface area contributed by atoms with Crippen molar-refractivity contribution in [2.75, 3.05) is 0 Å². The zero-order chi connectivity index (χ0) is 8.48. The van der Waals surface area contributed by atoms with E-state index in [0.29, 0.717) is 5.57 Å². The van der Waals surface area contributed by atoms with Crippen LogP contribution in [0.3, 0.4) is 0 Å². The second-order valence-corrected chi connectivity index (χ2v) is 3.64. The van der Waals surface area contributed by atoms with Crippen LogP contribution in [-0.2, 0) is 4.79 Å². The molecule has 11 heavy (non-hydrogen) atoms. The quantitative estimate of drug-likeness (QED) is 0.619. The van der Waals surface area contributed by atoms with Gasteiger partial charge in [0.2, 0.25) is 0 Å². The first-order valence-corrected chi connectivity index (χ1v) is 3.96. The van der Waals surface area contributed by atoms with Gasteiger partial charge in [0.1, 0.15) is 0 Å². The summed E-state index contributed by atoms with van der Waals surface area (Å²) in [5.41, 5.74) is 0.662. The Labute approximate surface area is 66.9 Å². The average molecular weight is 154 g/mol. The predicted molar refractivity (Wildman–Crippen MR) is 43.4 cm³/mol. The standard InChI is InChI=1S/C9H14O2/c1-7(8(10)11)6-9(2)4-3-5-9/h6H,3-5H2,1-2H3,(H,10,11). The fourth-order valence-electron chi connectivity index (χ4n) is 1.46. The number of carbonyl (C=O) groups is 1. The van der Waals surface area contributed by atoms with Gasteiger partial charge in [-0.3, -0.25) is 0 Å². The Morgan fingerprint density at radius 2 is 2.09 bits per heavy atom. The van der Waals surface area contributed by atoms with Gasteiger partial charge in [0.25, 0.3) is 0 Å². The fourth-order valence-corrected chi connectivity index (χ4v) is 1.46. The van der Waals surface area contributed by atoms with Crippen molar-refractivity contribution < 1.29 is 9.90 Å². The Bertz CT molecular complexity index is 200. The molecule has 0 aromatic rings. The number of rotatable bonds is 2. The molecule has 1 saturated carbocycles. The maximum absolute atomic E-state index is 10.4. The molecular formula is C9H14O2. The van der Waals surface area contributed by atoms with Crippen molar-refractivity contribution in [2.24, 2.45) is 5.41 Å². The van der Waals surface area contributed by atoms with Crippen LogP contribution in [0.15, 0.2) is 11.6 Å². The molecule has 0 amide bonds. The Kier molecular flexibility index (Phi) is 2.03. The Hall–Kier alpha value is -0.790. The van der Waals surface area contributed by atoms with Crippen LogP contribution < -0.4 is 0 Å². The Balaban J connectivity index is 2.63. The third kappa shape index (κ3) is 1.82. The molecule has 0 aliphatic heterocycles. The van der Waals surface area contributed by atoms with Crippen LogP contribution in [0.25, 0.3) is 0 Å². The molecule has 1 aliphatic rings. The molecule has 0 radical (unpaired) electrons. The lowest BCUT2D eigenvalue weighted by molar-refractivity contribution is -0.132. The summed E-state index contributed by atoms with van der Waals surface area (Å²) in [7, 11) is 0. The molecule has 1 rings (SSSR count). The highest BCUT2D eigenvalue weighted by molar-refractivity contribution is 5.85. The lowest BCUT2D eigenvalue weighted by Gasteiger charge is -2.35. The van der Waals surface area contributed by atoms with E-state index in [9.17, 15) is 4.79 Å². The summed E-state index contributed by atoms with van der Waals surface area (Å²) in [6.07, 6.45) is 5.40. The van der Waals surface area contributed by atoms with E-state index in [4.69, 9.17) is 5.11 Å². The van der Waals surface area contributed by atoms with Crippen molar-refractivity contribution in [2.45, 2.75) is 33.1 Å². The van der Waals surface area contributed by atoms with E-state index in [1.165, 1.54) is 6.42 Å². The molecule has 0 aromatic heterocycles. The highest BCUT2D eigenvalue weighted by atomic mass is 16.4.